The van der Waals surface area contributed by atoms with Gasteiger partial charge in [0.05, 0.1) is 5.01 Å². The lowest BCUT2D eigenvalue weighted by molar-refractivity contribution is 0.0750. The monoisotopic (exact) mass is 196 g/mol. The molecule has 1 aliphatic carbocycles. The van der Waals surface area contributed by atoms with Crippen LogP contribution >= 0.6 is 11.3 Å². The highest BCUT2D eigenvalue weighted by Crippen LogP contribution is 2.52. The van der Waals surface area contributed by atoms with Gasteiger partial charge in [0.1, 0.15) is 0 Å². The van der Waals surface area contributed by atoms with Gasteiger partial charge in [-0.3, -0.25) is 0 Å². The molecular formula is C10H16N2S. The fourth-order valence-corrected chi connectivity index (χ4v) is 3.19. The standard InChI is InChI=1S/C10H16N2S/c1-10(2)7(6-8(10)11-3)9-12-4-5-13-9/h4-5,7-8,11H,6H2,1-3H3. The molecule has 0 bridgehead atoms. The van der Waals surface area contributed by atoms with Gasteiger partial charge in [-0.25, -0.2) is 4.98 Å². The van der Waals surface area contributed by atoms with Gasteiger partial charge >= 0.3 is 0 Å². The highest BCUT2D eigenvalue weighted by molar-refractivity contribution is 7.09. The molecule has 2 unspecified atom stereocenters. The Morgan fingerprint density at radius 3 is 2.85 bits per heavy atom. The van der Waals surface area contributed by atoms with Gasteiger partial charge in [0.2, 0.25) is 0 Å². The zero-order chi connectivity index (χ0) is 9.47. The van der Waals surface area contributed by atoms with E-state index >= 15 is 0 Å². The van der Waals surface area contributed by atoms with Crippen LogP contribution in [0.1, 0.15) is 31.2 Å². The maximum atomic E-state index is 4.39. The summed E-state index contributed by atoms with van der Waals surface area (Å²) >= 11 is 1.78. The van der Waals surface area contributed by atoms with Gasteiger partial charge in [-0.05, 0) is 18.9 Å². The zero-order valence-electron chi connectivity index (χ0n) is 8.37. The van der Waals surface area contributed by atoms with Crippen LogP contribution in [0.5, 0.6) is 0 Å². The second kappa shape index (κ2) is 3.07. The number of hydrogen-bond donors (Lipinski definition) is 1. The Morgan fingerprint density at radius 2 is 2.38 bits per heavy atom. The molecule has 0 aliphatic heterocycles. The third-order valence-electron chi connectivity index (χ3n) is 3.37. The molecule has 0 radical (unpaired) electrons. The number of nitrogens with zero attached hydrogens (tertiary/aromatic N) is 1. The first-order chi connectivity index (χ1) is 6.16. The quantitative estimate of drug-likeness (QED) is 0.784. The van der Waals surface area contributed by atoms with Crippen molar-refractivity contribution in [1.29, 1.82) is 0 Å². The van der Waals surface area contributed by atoms with E-state index in [0.29, 0.717) is 17.4 Å². The second-order valence-electron chi connectivity index (χ2n) is 4.32. The minimum Gasteiger partial charge on any atom is -0.316 e. The molecule has 2 nitrogen and oxygen atoms in total. The number of rotatable bonds is 2. The van der Waals surface area contributed by atoms with E-state index in [-0.39, 0.29) is 0 Å². The molecule has 1 aliphatic rings. The van der Waals surface area contributed by atoms with Crippen LogP contribution in [0.3, 0.4) is 0 Å². The van der Waals surface area contributed by atoms with E-state index in [2.05, 4.69) is 29.5 Å². The summed E-state index contributed by atoms with van der Waals surface area (Å²) in [6.45, 7) is 4.65. The fourth-order valence-electron chi connectivity index (χ4n) is 2.24. The maximum absolute atomic E-state index is 4.39. The molecular weight excluding hydrogens is 180 g/mol. The normalized spacial score (nSPS) is 31.3. The molecule has 1 aromatic heterocycles. The highest BCUT2D eigenvalue weighted by Gasteiger charge is 2.48. The van der Waals surface area contributed by atoms with Crippen molar-refractivity contribution >= 4 is 11.3 Å². The van der Waals surface area contributed by atoms with Crippen molar-refractivity contribution < 1.29 is 0 Å². The van der Waals surface area contributed by atoms with Gasteiger partial charge < -0.3 is 5.32 Å². The molecule has 0 amide bonds. The van der Waals surface area contributed by atoms with Gasteiger partial charge in [-0.15, -0.1) is 11.3 Å². The second-order valence-corrected chi connectivity index (χ2v) is 5.25. The first kappa shape index (κ1) is 9.16. The average molecular weight is 196 g/mol. The van der Waals surface area contributed by atoms with Crippen molar-refractivity contribution in [1.82, 2.24) is 10.3 Å². The van der Waals surface area contributed by atoms with Crippen LogP contribution in [-0.2, 0) is 0 Å². The molecule has 2 rings (SSSR count). The van der Waals surface area contributed by atoms with Gasteiger partial charge in [0, 0.05) is 23.5 Å². The van der Waals surface area contributed by atoms with Crippen molar-refractivity contribution in [3.8, 4) is 0 Å². The minimum absolute atomic E-state index is 0.368. The van der Waals surface area contributed by atoms with Crippen molar-refractivity contribution in [2.24, 2.45) is 5.41 Å². The summed E-state index contributed by atoms with van der Waals surface area (Å²) < 4.78 is 0. The first-order valence-electron chi connectivity index (χ1n) is 4.73. The summed E-state index contributed by atoms with van der Waals surface area (Å²) in [5.41, 5.74) is 0.368. The Balaban J connectivity index is 2.14. The topological polar surface area (TPSA) is 24.9 Å². The van der Waals surface area contributed by atoms with Gasteiger partial charge in [-0.1, -0.05) is 13.8 Å². The zero-order valence-corrected chi connectivity index (χ0v) is 9.19. The highest BCUT2D eigenvalue weighted by atomic mass is 32.1. The average Bonchev–Trinajstić information content (AvgIpc) is 2.56. The SMILES string of the molecule is CNC1CC(c2nccs2)C1(C)C. The molecule has 72 valence electrons. The molecule has 0 spiro atoms. The van der Waals surface area contributed by atoms with E-state index in [1.54, 1.807) is 11.3 Å². The third-order valence-corrected chi connectivity index (χ3v) is 4.25. The van der Waals surface area contributed by atoms with E-state index in [1.807, 2.05) is 13.2 Å². The van der Waals surface area contributed by atoms with Crippen LogP contribution < -0.4 is 5.32 Å². The van der Waals surface area contributed by atoms with Crippen molar-refractivity contribution in [3.63, 3.8) is 0 Å². The van der Waals surface area contributed by atoms with Crippen molar-refractivity contribution in [2.45, 2.75) is 32.2 Å². The van der Waals surface area contributed by atoms with E-state index < -0.39 is 0 Å². The first-order valence-corrected chi connectivity index (χ1v) is 5.61. The lowest BCUT2D eigenvalue weighted by atomic mass is 9.59. The Morgan fingerprint density at radius 1 is 1.62 bits per heavy atom. The molecule has 1 N–H and O–H groups in total. The Hall–Kier alpha value is -0.410. The van der Waals surface area contributed by atoms with Crippen molar-refractivity contribution in [3.05, 3.63) is 16.6 Å². The van der Waals surface area contributed by atoms with Crippen LogP contribution in [0.4, 0.5) is 0 Å². The van der Waals surface area contributed by atoms with Crippen LogP contribution in [0.15, 0.2) is 11.6 Å². The lowest BCUT2D eigenvalue weighted by Gasteiger charge is -2.51. The summed E-state index contributed by atoms with van der Waals surface area (Å²) in [5, 5.41) is 6.73. The molecule has 1 fully saturated rings. The fraction of sp³-hybridized carbons (Fsp3) is 0.700. The molecule has 0 saturated heterocycles. The number of thiazole rings is 1. The van der Waals surface area contributed by atoms with Gasteiger partial charge in [0.25, 0.3) is 0 Å². The van der Waals surface area contributed by atoms with Crippen LogP contribution in [0.2, 0.25) is 0 Å². The number of aromatic nitrogens is 1. The third kappa shape index (κ3) is 1.30. The molecule has 1 saturated carbocycles. The smallest absolute Gasteiger partial charge is 0.0962 e. The Labute approximate surface area is 83.4 Å². The van der Waals surface area contributed by atoms with Crippen LogP contribution in [0.25, 0.3) is 0 Å². The van der Waals surface area contributed by atoms with Gasteiger partial charge in [-0.2, -0.15) is 0 Å². The molecule has 13 heavy (non-hydrogen) atoms. The van der Waals surface area contributed by atoms with Crippen LogP contribution in [0, 0.1) is 5.41 Å². The largest absolute Gasteiger partial charge is 0.316 e. The number of nitrogens with one attached hydrogen (secondary N) is 1. The molecule has 1 heterocycles. The van der Waals surface area contributed by atoms with E-state index in [1.165, 1.54) is 11.4 Å². The Kier molecular flexibility index (Phi) is 2.16. The Bertz CT molecular complexity index is 279. The number of hydrogen-bond acceptors (Lipinski definition) is 3. The molecule has 2 atom stereocenters. The predicted molar refractivity (Wildman–Crippen MR) is 56.1 cm³/mol. The predicted octanol–water partition coefficient (Wildman–Crippen LogP) is 2.24. The summed E-state index contributed by atoms with van der Waals surface area (Å²) in [6.07, 6.45) is 3.14. The maximum Gasteiger partial charge on any atom is 0.0962 e. The molecule has 0 aromatic carbocycles. The van der Waals surface area contributed by atoms with Crippen LogP contribution in [-0.4, -0.2) is 18.1 Å². The van der Waals surface area contributed by atoms with E-state index in [4.69, 9.17) is 0 Å². The van der Waals surface area contributed by atoms with E-state index in [0.717, 1.165) is 0 Å². The summed E-state index contributed by atoms with van der Waals surface area (Å²) in [7, 11) is 2.05. The van der Waals surface area contributed by atoms with E-state index in [9.17, 15) is 0 Å². The van der Waals surface area contributed by atoms with Gasteiger partial charge in [0.15, 0.2) is 0 Å². The lowest BCUT2D eigenvalue weighted by Crippen LogP contribution is -2.54. The summed E-state index contributed by atoms with van der Waals surface area (Å²) in [4.78, 5) is 4.39. The molecule has 3 heteroatoms. The van der Waals surface area contributed by atoms with Crippen molar-refractivity contribution in [2.75, 3.05) is 7.05 Å². The summed E-state index contributed by atoms with van der Waals surface area (Å²) in [5.74, 6) is 0.657. The molecule has 1 aromatic rings. The summed E-state index contributed by atoms with van der Waals surface area (Å²) in [6, 6.07) is 0.654. The minimum atomic E-state index is 0.368.